The number of piperidine rings is 3. The molecule has 1 unspecified atom stereocenters. The molecule has 4 aliphatic heterocycles. The van der Waals surface area contributed by atoms with Gasteiger partial charge in [-0.1, -0.05) is 36.4 Å². The summed E-state index contributed by atoms with van der Waals surface area (Å²) in [6.45, 7) is 3.35. The summed E-state index contributed by atoms with van der Waals surface area (Å²) in [4.78, 5) is 15.8. The van der Waals surface area contributed by atoms with Crippen molar-refractivity contribution in [3.8, 4) is 11.5 Å². The molecular weight excluding hydrogens is 312 g/mol. The highest BCUT2D eigenvalue weighted by Crippen LogP contribution is 2.44. The molecule has 3 fully saturated rings. The number of benzene rings is 2. The van der Waals surface area contributed by atoms with E-state index in [0.29, 0.717) is 5.92 Å². The van der Waals surface area contributed by atoms with Gasteiger partial charge in [-0.2, -0.15) is 0 Å². The molecular formula is C21H22N2O2. The number of nitrogens with one attached hydrogen (secondary N) is 1. The van der Waals surface area contributed by atoms with Gasteiger partial charge in [0, 0.05) is 23.7 Å². The maximum atomic E-state index is 13.3. The Bertz CT molecular complexity index is 766. The monoisotopic (exact) mass is 334 g/mol. The first-order chi connectivity index (χ1) is 12.3. The third-order valence-corrected chi connectivity index (χ3v) is 5.93. The Labute approximate surface area is 147 Å². The average Bonchev–Trinajstić information content (AvgIpc) is 2.67. The Morgan fingerprint density at radius 1 is 0.960 bits per heavy atom. The number of carbonyl (C=O) groups is 1. The van der Waals surface area contributed by atoms with E-state index in [1.165, 1.54) is 25.9 Å². The van der Waals surface area contributed by atoms with Crippen molar-refractivity contribution in [1.29, 1.82) is 0 Å². The fourth-order valence-electron chi connectivity index (χ4n) is 4.59. The van der Waals surface area contributed by atoms with Crippen LogP contribution in [0.3, 0.4) is 0 Å². The first-order valence-corrected chi connectivity index (χ1v) is 9.18. The van der Waals surface area contributed by atoms with Gasteiger partial charge in [-0.05, 0) is 44.0 Å². The van der Waals surface area contributed by atoms with Crippen LogP contribution < -0.4 is 10.1 Å². The predicted molar refractivity (Wildman–Crippen MR) is 95.9 cm³/mol. The molecule has 6 rings (SSSR count). The van der Waals surface area contributed by atoms with Crippen molar-refractivity contribution in [1.82, 2.24) is 10.2 Å². The molecule has 1 atom stereocenters. The van der Waals surface area contributed by atoms with E-state index in [-0.39, 0.29) is 17.9 Å². The lowest BCUT2D eigenvalue weighted by atomic mass is 9.82. The molecule has 4 heteroatoms. The topological polar surface area (TPSA) is 41.6 Å². The number of ether oxygens (including phenoxy) is 1. The van der Waals surface area contributed by atoms with E-state index in [2.05, 4.69) is 10.2 Å². The van der Waals surface area contributed by atoms with Crippen LogP contribution in [0.5, 0.6) is 11.5 Å². The van der Waals surface area contributed by atoms with Crippen LogP contribution in [0.2, 0.25) is 0 Å². The number of hydrogen-bond acceptors (Lipinski definition) is 3. The zero-order valence-electron chi connectivity index (χ0n) is 14.2. The maximum Gasteiger partial charge on any atom is 0.232 e. The Morgan fingerprint density at radius 3 is 2.12 bits per heavy atom. The van der Waals surface area contributed by atoms with E-state index < -0.39 is 0 Å². The molecule has 25 heavy (non-hydrogen) atoms. The van der Waals surface area contributed by atoms with Crippen LogP contribution in [-0.2, 0) is 4.79 Å². The summed E-state index contributed by atoms with van der Waals surface area (Å²) in [5.41, 5.74) is 1.92. The highest BCUT2D eigenvalue weighted by molar-refractivity contribution is 5.89. The summed E-state index contributed by atoms with van der Waals surface area (Å²) >= 11 is 0. The van der Waals surface area contributed by atoms with Gasteiger partial charge in [0.2, 0.25) is 5.91 Å². The number of para-hydroxylation sites is 2. The summed E-state index contributed by atoms with van der Waals surface area (Å²) in [6, 6.07) is 16.0. The Balaban J connectivity index is 1.47. The molecule has 3 saturated heterocycles. The molecule has 0 radical (unpaired) electrons. The minimum atomic E-state index is -0.295. The summed E-state index contributed by atoms with van der Waals surface area (Å²) in [6.07, 6.45) is 2.40. The average molecular weight is 334 g/mol. The predicted octanol–water partition coefficient (Wildman–Crippen LogP) is 3.13. The first kappa shape index (κ1) is 15.0. The minimum absolute atomic E-state index is 0.0990. The smallest absolute Gasteiger partial charge is 0.232 e. The van der Waals surface area contributed by atoms with Crippen molar-refractivity contribution in [2.24, 2.45) is 5.92 Å². The van der Waals surface area contributed by atoms with Crippen LogP contribution in [0, 0.1) is 5.92 Å². The lowest BCUT2D eigenvalue weighted by Crippen LogP contribution is -2.57. The number of nitrogens with zero attached hydrogens (tertiary/aromatic N) is 1. The molecule has 2 bridgehead atoms. The standard InChI is InChI=1S/C21H22N2O2/c24-21(22-17-13-23-11-9-14(17)10-12-23)20-15-5-1-3-7-18(15)25-19-8-4-2-6-16(19)20/h1-8,14,17,20H,9-13H2,(H,22,24). The van der Waals surface area contributed by atoms with E-state index in [0.717, 1.165) is 29.2 Å². The fraction of sp³-hybridized carbons (Fsp3) is 0.381. The second-order valence-corrected chi connectivity index (χ2v) is 7.36. The quantitative estimate of drug-likeness (QED) is 0.917. The van der Waals surface area contributed by atoms with Crippen molar-refractivity contribution < 1.29 is 9.53 Å². The Kier molecular flexibility index (Phi) is 3.52. The number of hydrogen-bond donors (Lipinski definition) is 1. The molecule has 2 aromatic carbocycles. The van der Waals surface area contributed by atoms with E-state index >= 15 is 0 Å². The largest absolute Gasteiger partial charge is 0.457 e. The van der Waals surface area contributed by atoms with Gasteiger partial charge in [0.15, 0.2) is 0 Å². The second-order valence-electron chi connectivity index (χ2n) is 7.36. The maximum absolute atomic E-state index is 13.3. The highest BCUT2D eigenvalue weighted by Gasteiger charge is 2.38. The lowest BCUT2D eigenvalue weighted by Gasteiger charge is -2.45. The molecule has 4 nitrogen and oxygen atoms in total. The first-order valence-electron chi connectivity index (χ1n) is 9.18. The van der Waals surface area contributed by atoms with Gasteiger partial charge in [0.1, 0.15) is 11.5 Å². The number of carbonyl (C=O) groups excluding carboxylic acids is 1. The van der Waals surface area contributed by atoms with Crippen molar-refractivity contribution in [3.63, 3.8) is 0 Å². The van der Waals surface area contributed by atoms with Gasteiger partial charge in [0.25, 0.3) is 0 Å². The summed E-state index contributed by atoms with van der Waals surface area (Å²) in [5.74, 6) is 2.00. The van der Waals surface area contributed by atoms with Crippen molar-refractivity contribution in [3.05, 3.63) is 59.7 Å². The van der Waals surface area contributed by atoms with Gasteiger partial charge in [-0.3, -0.25) is 4.79 Å². The van der Waals surface area contributed by atoms with E-state index in [1.807, 2.05) is 48.5 Å². The van der Waals surface area contributed by atoms with Gasteiger partial charge >= 0.3 is 0 Å². The van der Waals surface area contributed by atoms with Crippen LogP contribution in [0.1, 0.15) is 29.9 Å². The van der Waals surface area contributed by atoms with Crippen molar-refractivity contribution in [2.75, 3.05) is 19.6 Å². The van der Waals surface area contributed by atoms with Crippen LogP contribution in [-0.4, -0.2) is 36.5 Å². The molecule has 4 aliphatic rings. The van der Waals surface area contributed by atoms with E-state index in [1.54, 1.807) is 0 Å². The molecule has 2 aromatic rings. The van der Waals surface area contributed by atoms with Gasteiger partial charge in [0.05, 0.1) is 5.92 Å². The van der Waals surface area contributed by atoms with Gasteiger partial charge in [-0.15, -0.1) is 0 Å². The zero-order chi connectivity index (χ0) is 16.8. The van der Waals surface area contributed by atoms with E-state index in [4.69, 9.17) is 4.74 Å². The third-order valence-electron chi connectivity index (χ3n) is 5.93. The fourth-order valence-corrected chi connectivity index (χ4v) is 4.59. The second kappa shape index (κ2) is 5.88. The van der Waals surface area contributed by atoms with Gasteiger partial charge < -0.3 is 15.0 Å². The van der Waals surface area contributed by atoms with Crippen molar-refractivity contribution in [2.45, 2.75) is 24.8 Å². The van der Waals surface area contributed by atoms with E-state index in [9.17, 15) is 4.79 Å². The summed E-state index contributed by atoms with van der Waals surface area (Å²) in [5, 5.41) is 3.37. The highest BCUT2D eigenvalue weighted by atomic mass is 16.5. The molecule has 1 N–H and O–H groups in total. The van der Waals surface area contributed by atoms with Crippen LogP contribution in [0.25, 0.3) is 0 Å². The minimum Gasteiger partial charge on any atom is -0.457 e. The van der Waals surface area contributed by atoms with Crippen molar-refractivity contribution >= 4 is 5.91 Å². The summed E-state index contributed by atoms with van der Waals surface area (Å²) < 4.78 is 6.01. The van der Waals surface area contributed by atoms with Gasteiger partial charge in [-0.25, -0.2) is 0 Å². The Hall–Kier alpha value is -2.33. The number of amides is 1. The normalized spacial score (nSPS) is 27.1. The molecule has 0 spiro atoms. The molecule has 1 amide bonds. The third kappa shape index (κ3) is 2.52. The lowest BCUT2D eigenvalue weighted by molar-refractivity contribution is -0.123. The van der Waals surface area contributed by atoms with Crippen LogP contribution in [0.15, 0.2) is 48.5 Å². The Morgan fingerprint density at radius 2 is 1.56 bits per heavy atom. The molecule has 128 valence electrons. The number of fused-ring (bicyclic) bond motifs is 5. The van der Waals surface area contributed by atoms with Crippen LogP contribution in [0.4, 0.5) is 0 Å². The molecule has 0 aromatic heterocycles. The zero-order valence-corrected chi connectivity index (χ0v) is 14.2. The number of rotatable bonds is 2. The molecule has 4 heterocycles. The molecule has 0 aliphatic carbocycles. The molecule has 0 saturated carbocycles. The SMILES string of the molecule is O=C(NC1CN2CCC1CC2)C1c2ccccc2Oc2ccccc21. The van der Waals surface area contributed by atoms with Crippen LogP contribution >= 0.6 is 0 Å². The summed E-state index contributed by atoms with van der Waals surface area (Å²) in [7, 11) is 0.